The number of carbonyl (C=O) groups excluding carboxylic acids is 1. The van der Waals surface area contributed by atoms with Crippen molar-refractivity contribution in [1.29, 1.82) is 0 Å². The molecule has 2 aromatic rings. The highest BCUT2D eigenvalue weighted by molar-refractivity contribution is 5.76. The van der Waals surface area contributed by atoms with E-state index in [9.17, 15) is 14.0 Å². The van der Waals surface area contributed by atoms with Crippen LogP contribution in [-0.4, -0.2) is 40.5 Å². The van der Waals surface area contributed by atoms with E-state index in [0.717, 1.165) is 0 Å². The summed E-state index contributed by atoms with van der Waals surface area (Å²) in [5, 5.41) is 0. The van der Waals surface area contributed by atoms with Gasteiger partial charge in [0.2, 0.25) is 5.91 Å². The fourth-order valence-corrected chi connectivity index (χ4v) is 2.90. The summed E-state index contributed by atoms with van der Waals surface area (Å²) in [4.78, 5) is 32.7. The first-order valence-corrected chi connectivity index (χ1v) is 8.23. The molecule has 132 valence electrons. The molecule has 1 saturated heterocycles. The van der Waals surface area contributed by atoms with Crippen molar-refractivity contribution in [3.8, 4) is 0 Å². The number of aryl methyl sites for hydroxylation is 2. The van der Waals surface area contributed by atoms with E-state index in [1.807, 2.05) is 0 Å². The predicted octanol–water partition coefficient (Wildman–Crippen LogP) is 1.75. The largest absolute Gasteiger partial charge is 0.367 e. The van der Waals surface area contributed by atoms with Crippen molar-refractivity contribution in [2.24, 2.45) is 0 Å². The Morgan fingerprint density at radius 2 is 2.24 bits per heavy atom. The number of carbonyl (C=O) groups is 1. The van der Waals surface area contributed by atoms with Gasteiger partial charge in [-0.25, -0.2) is 9.37 Å². The highest BCUT2D eigenvalue weighted by atomic mass is 19.1. The molecule has 1 N–H and O–H groups in total. The van der Waals surface area contributed by atoms with Gasteiger partial charge < -0.3 is 14.6 Å². The number of amides is 1. The van der Waals surface area contributed by atoms with Crippen molar-refractivity contribution >= 4 is 5.91 Å². The smallest absolute Gasteiger partial charge is 0.251 e. The molecule has 1 amide bonds. The minimum atomic E-state index is -0.459. The van der Waals surface area contributed by atoms with Gasteiger partial charge in [0, 0.05) is 24.7 Å². The molecule has 1 fully saturated rings. The van der Waals surface area contributed by atoms with Crippen LogP contribution in [0.1, 0.15) is 29.6 Å². The molecular formula is C18H20FN3O3. The zero-order valence-electron chi connectivity index (χ0n) is 14.0. The van der Waals surface area contributed by atoms with Crippen molar-refractivity contribution in [2.75, 3.05) is 19.7 Å². The van der Waals surface area contributed by atoms with Crippen LogP contribution in [0.15, 0.2) is 35.1 Å². The number of aromatic amines is 1. The van der Waals surface area contributed by atoms with Gasteiger partial charge in [-0.1, -0.05) is 18.2 Å². The summed E-state index contributed by atoms with van der Waals surface area (Å²) in [7, 11) is 0. The van der Waals surface area contributed by atoms with Gasteiger partial charge in [-0.05, 0) is 25.0 Å². The Hall–Kier alpha value is -2.54. The molecular weight excluding hydrogens is 325 g/mol. The van der Waals surface area contributed by atoms with Crippen LogP contribution in [0.5, 0.6) is 0 Å². The van der Waals surface area contributed by atoms with Crippen molar-refractivity contribution in [3.05, 3.63) is 63.6 Å². The number of H-pyrrole nitrogens is 1. The molecule has 1 atom stereocenters. The van der Waals surface area contributed by atoms with E-state index >= 15 is 0 Å². The molecule has 1 aliphatic heterocycles. The number of benzene rings is 1. The molecule has 0 unspecified atom stereocenters. The number of nitrogens with zero attached hydrogens (tertiary/aromatic N) is 2. The Bertz CT molecular complexity index is 821. The summed E-state index contributed by atoms with van der Waals surface area (Å²) in [6, 6.07) is 7.87. The average Bonchev–Trinajstić information content (AvgIpc) is 2.60. The Morgan fingerprint density at radius 1 is 1.44 bits per heavy atom. The summed E-state index contributed by atoms with van der Waals surface area (Å²) in [5.41, 5.74) is 0.893. The van der Waals surface area contributed by atoms with Crippen LogP contribution < -0.4 is 5.56 Å². The lowest BCUT2D eigenvalue weighted by atomic mass is 10.1. The zero-order valence-corrected chi connectivity index (χ0v) is 14.0. The number of aromatic nitrogens is 2. The van der Waals surface area contributed by atoms with E-state index < -0.39 is 6.10 Å². The lowest BCUT2D eigenvalue weighted by Gasteiger charge is -2.32. The van der Waals surface area contributed by atoms with E-state index in [-0.39, 0.29) is 23.7 Å². The first-order chi connectivity index (χ1) is 12.0. The van der Waals surface area contributed by atoms with Gasteiger partial charge in [-0.3, -0.25) is 9.59 Å². The van der Waals surface area contributed by atoms with Crippen molar-refractivity contribution < 1.29 is 13.9 Å². The average molecular weight is 345 g/mol. The van der Waals surface area contributed by atoms with Crippen LogP contribution in [0, 0.1) is 12.7 Å². The Labute approximate surface area is 144 Å². The highest BCUT2D eigenvalue weighted by Crippen LogP contribution is 2.20. The van der Waals surface area contributed by atoms with Gasteiger partial charge in [0.25, 0.3) is 5.56 Å². The van der Waals surface area contributed by atoms with Crippen molar-refractivity contribution in [2.45, 2.75) is 25.9 Å². The van der Waals surface area contributed by atoms with Crippen LogP contribution in [0.4, 0.5) is 4.39 Å². The first kappa shape index (κ1) is 17.3. The second kappa shape index (κ2) is 7.57. The second-order valence-electron chi connectivity index (χ2n) is 6.06. The van der Waals surface area contributed by atoms with E-state index in [0.29, 0.717) is 43.2 Å². The standard InChI is InChI=1S/C18H20FN3O3/c1-12-10-16(23)21-18(20-12)15-11-22(8-9-25-15)17(24)7-6-13-4-2-3-5-14(13)19/h2-5,10,15H,6-9,11H2,1H3,(H,20,21,23)/t15-/m1/s1. The summed E-state index contributed by atoms with van der Waals surface area (Å²) in [6.07, 6.45) is 0.122. The van der Waals surface area contributed by atoms with Crippen molar-refractivity contribution in [3.63, 3.8) is 0 Å². The number of hydrogen-bond acceptors (Lipinski definition) is 4. The lowest BCUT2D eigenvalue weighted by Crippen LogP contribution is -2.43. The minimum absolute atomic E-state index is 0.0634. The summed E-state index contributed by atoms with van der Waals surface area (Å²) in [6.45, 7) is 2.90. The molecule has 0 bridgehead atoms. The molecule has 3 rings (SSSR count). The molecule has 2 heterocycles. The van der Waals surface area contributed by atoms with Gasteiger partial charge in [0.15, 0.2) is 0 Å². The SMILES string of the molecule is Cc1cc(=O)[nH]c([C@H]2CN(C(=O)CCc3ccccc3F)CCO2)n1. The molecule has 1 aromatic heterocycles. The zero-order chi connectivity index (χ0) is 17.8. The summed E-state index contributed by atoms with van der Waals surface area (Å²) in [5.74, 6) is 0.0693. The third-order valence-corrected chi connectivity index (χ3v) is 4.18. The fraction of sp³-hybridized carbons (Fsp3) is 0.389. The maximum Gasteiger partial charge on any atom is 0.251 e. The topological polar surface area (TPSA) is 75.3 Å². The fourth-order valence-electron chi connectivity index (χ4n) is 2.90. The molecule has 0 saturated carbocycles. The third kappa shape index (κ3) is 4.30. The maximum atomic E-state index is 13.7. The number of rotatable bonds is 4. The van der Waals surface area contributed by atoms with E-state index in [4.69, 9.17) is 4.74 Å². The van der Waals surface area contributed by atoms with Gasteiger partial charge in [0.1, 0.15) is 17.7 Å². The summed E-state index contributed by atoms with van der Waals surface area (Å²) >= 11 is 0. The minimum Gasteiger partial charge on any atom is -0.367 e. The first-order valence-electron chi connectivity index (χ1n) is 8.23. The Balaban J connectivity index is 1.63. The quantitative estimate of drug-likeness (QED) is 0.916. The summed E-state index contributed by atoms with van der Waals surface area (Å²) < 4.78 is 19.3. The Morgan fingerprint density at radius 3 is 3.00 bits per heavy atom. The Kier molecular flexibility index (Phi) is 5.23. The normalized spacial score (nSPS) is 17.5. The molecule has 0 radical (unpaired) electrons. The third-order valence-electron chi connectivity index (χ3n) is 4.18. The molecule has 7 heteroatoms. The highest BCUT2D eigenvalue weighted by Gasteiger charge is 2.27. The number of morpholine rings is 1. The molecule has 0 aliphatic carbocycles. The number of halogens is 1. The van der Waals surface area contributed by atoms with E-state index in [1.165, 1.54) is 12.1 Å². The van der Waals surface area contributed by atoms with Gasteiger partial charge >= 0.3 is 0 Å². The van der Waals surface area contributed by atoms with Gasteiger partial charge in [-0.2, -0.15) is 0 Å². The monoisotopic (exact) mass is 345 g/mol. The second-order valence-corrected chi connectivity index (χ2v) is 6.06. The number of ether oxygens (including phenoxy) is 1. The van der Waals surface area contributed by atoms with Crippen molar-refractivity contribution in [1.82, 2.24) is 14.9 Å². The lowest BCUT2D eigenvalue weighted by molar-refractivity contribution is -0.139. The molecule has 6 nitrogen and oxygen atoms in total. The molecule has 0 spiro atoms. The van der Waals surface area contributed by atoms with Crippen LogP contribution in [-0.2, 0) is 16.0 Å². The van der Waals surface area contributed by atoms with Crippen LogP contribution in [0.3, 0.4) is 0 Å². The molecule has 1 aliphatic rings. The van der Waals surface area contributed by atoms with Gasteiger partial charge in [0.05, 0.1) is 13.2 Å². The van der Waals surface area contributed by atoms with Crippen LogP contribution in [0.25, 0.3) is 0 Å². The van der Waals surface area contributed by atoms with Crippen LogP contribution >= 0.6 is 0 Å². The van der Waals surface area contributed by atoms with Crippen LogP contribution in [0.2, 0.25) is 0 Å². The number of nitrogens with one attached hydrogen (secondary N) is 1. The number of hydrogen-bond donors (Lipinski definition) is 1. The maximum absolute atomic E-state index is 13.7. The van der Waals surface area contributed by atoms with E-state index in [2.05, 4.69) is 9.97 Å². The van der Waals surface area contributed by atoms with E-state index in [1.54, 1.807) is 30.0 Å². The van der Waals surface area contributed by atoms with Gasteiger partial charge in [-0.15, -0.1) is 0 Å². The molecule has 25 heavy (non-hydrogen) atoms. The predicted molar refractivity (Wildman–Crippen MR) is 89.6 cm³/mol. The molecule has 1 aromatic carbocycles.